The predicted molar refractivity (Wildman–Crippen MR) is 78.9 cm³/mol. The molecule has 21 heavy (non-hydrogen) atoms. The van der Waals surface area contributed by atoms with E-state index in [9.17, 15) is 9.59 Å². The number of carbonyl (C=O) groups excluding carboxylic acids is 2. The molecule has 1 saturated heterocycles. The van der Waals surface area contributed by atoms with Gasteiger partial charge in [0.15, 0.2) is 0 Å². The summed E-state index contributed by atoms with van der Waals surface area (Å²) in [7, 11) is 1.64. The van der Waals surface area contributed by atoms with Gasteiger partial charge in [0.05, 0.1) is 7.11 Å². The maximum absolute atomic E-state index is 12.3. The molecule has 2 fully saturated rings. The van der Waals surface area contributed by atoms with Gasteiger partial charge in [-0.3, -0.25) is 14.9 Å². The number of rotatable bonds is 2. The van der Waals surface area contributed by atoms with Gasteiger partial charge >= 0.3 is 0 Å². The molecule has 4 heteroatoms. The van der Waals surface area contributed by atoms with E-state index >= 15 is 0 Å². The largest absolute Gasteiger partial charge is 0.497 e. The summed E-state index contributed by atoms with van der Waals surface area (Å²) in [5.74, 6) is 0.913. The number of carbonyl (C=O) groups is 2. The first kappa shape index (κ1) is 14.1. The van der Waals surface area contributed by atoms with Crippen molar-refractivity contribution in [2.24, 2.45) is 11.8 Å². The highest BCUT2D eigenvalue weighted by Gasteiger charge is 2.52. The number of ether oxygens (including phenoxy) is 1. The number of fused-ring (bicyclic) bond motifs is 1. The van der Waals surface area contributed by atoms with Gasteiger partial charge < -0.3 is 4.74 Å². The van der Waals surface area contributed by atoms with Crippen molar-refractivity contribution in [3.63, 3.8) is 0 Å². The minimum absolute atomic E-state index is 0.110. The Kier molecular flexibility index (Phi) is 3.47. The van der Waals surface area contributed by atoms with E-state index in [1.165, 1.54) is 0 Å². The van der Waals surface area contributed by atoms with Crippen LogP contribution in [0, 0.1) is 11.8 Å². The van der Waals surface area contributed by atoms with Gasteiger partial charge in [-0.1, -0.05) is 19.1 Å². The number of amides is 2. The molecule has 4 nitrogen and oxygen atoms in total. The molecule has 3 atom stereocenters. The van der Waals surface area contributed by atoms with Crippen LogP contribution in [0.3, 0.4) is 0 Å². The maximum Gasteiger partial charge on any atom is 0.230 e. The van der Waals surface area contributed by atoms with E-state index in [0.717, 1.165) is 30.6 Å². The van der Waals surface area contributed by atoms with Crippen LogP contribution < -0.4 is 10.1 Å². The molecule has 1 aliphatic carbocycles. The van der Waals surface area contributed by atoms with E-state index in [2.05, 4.69) is 12.2 Å². The fourth-order valence-electron chi connectivity index (χ4n) is 4.08. The molecule has 0 spiro atoms. The third-order valence-corrected chi connectivity index (χ3v) is 5.03. The maximum atomic E-state index is 12.3. The van der Waals surface area contributed by atoms with Crippen molar-refractivity contribution in [3.8, 4) is 5.75 Å². The van der Waals surface area contributed by atoms with Gasteiger partial charge in [0.2, 0.25) is 11.8 Å². The van der Waals surface area contributed by atoms with Gasteiger partial charge in [-0.25, -0.2) is 0 Å². The summed E-state index contributed by atoms with van der Waals surface area (Å²) >= 11 is 0. The summed E-state index contributed by atoms with van der Waals surface area (Å²) in [5.41, 5.74) is 0.688. The lowest BCUT2D eigenvalue weighted by atomic mass is 9.57. The molecule has 0 unspecified atom stereocenters. The minimum Gasteiger partial charge on any atom is -0.497 e. The molecule has 0 bridgehead atoms. The lowest BCUT2D eigenvalue weighted by Gasteiger charge is -2.48. The number of methoxy groups -OCH3 is 1. The molecular formula is C17H21NO3. The Bertz CT molecular complexity index is 583. The molecule has 1 aliphatic heterocycles. The van der Waals surface area contributed by atoms with Crippen molar-refractivity contribution in [3.05, 3.63) is 29.8 Å². The fraction of sp³-hybridized carbons (Fsp3) is 0.529. The van der Waals surface area contributed by atoms with Crippen LogP contribution in [-0.4, -0.2) is 18.9 Å². The Morgan fingerprint density at radius 2 is 2.10 bits per heavy atom. The molecule has 0 radical (unpaired) electrons. The van der Waals surface area contributed by atoms with Gasteiger partial charge in [0.25, 0.3) is 0 Å². The summed E-state index contributed by atoms with van der Waals surface area (Å²) in [6.45, 7) is 2.20. The highest BCUT2D eigenvalue weighted by molar-refractivity contribution is 6.00. The summed E-state index contributed by atoms with van der Waals surface area (Å²) in [5, 5.41) is 2.51. The zero-order valence-electron chi connectivity index (χ0n) is 12.5. The standard InChI is InChI=1S/C17H21NO3/c1-11-6-7-14-16(20)18-15(19)10-17(14,9-11)12-4-3-5-13(8-12)21-2/h3-5,8,11,14H,6-7,9-10H2,1-2H3,(H,18,19,20)/t11-,14+,17+/m0/s1. The zero-order valence-corrected chi connectivity index (χ0v) is 12.5. The molecule has 1 N–H and O–H groups in total. The first-order valence-corrected chi connectivity index (χ1v) is 7.53. The number of imide groups is 1. The molecule has 1 heterocycles. The van der Waals surface area contributed by atoms with E-state index in [-0.39, 0.29) is 23.1 Å². The van der Waals surface area contributed by atoms with Crippen LogP contribution in [-0.2, 0) is 15.0 Å². The highest BCUT2D eigenvalue weighted by Crippen LogP contribution is 2.50. The second-order valence-corrected chi connectivity index (χ2v) is 6.42. The predicted octanol–water partition coefficient (Wildman–Crippen LogP) is 2.42. The Labute approximate surface area is 124 Å². The average Bonchev–Trinajstić information content (AvgIpc) is 2.46. The molecule has 2 amide bonds. The molecule has 112 valence electrons. The van der Waals surface area contributed by atoms with E-state index < -0.39 is 0 Å². The van der Waals surface area contributed by atoms with Crippen LogP contribution in [0.1, 0.15) is 38.2 Å². The summed E-state index contributed by atoms with van der Waals surface area (Å²) < 4.78 is 5.32. The Morgan fingerprint density at radius 3 is 2.86 bits per heavy atom. The number of hydrogen-bond acceptors (Lipinski definition) is 3. The van der Waals surface area contributed by atoms with E-state index in [1.807, 2.05) is 24.3 Å². The van der Waals surface area contributed by atoms with Crippen molar-refractivity contribution >= 4 is 11.8 Å². The molecule has 1 aromatic carbocycles. The van der Waals surface area contributed by atoms with Crippen LogP contribution in [0.5, 0.6) is 5.75 Å². The number of nitrogens with one attached hydrogen (secondary N) is 1. The van der Waals surface area contributed by atoms with Gasteiger partial charge in [0, 0.05) is 17.8 Å². The highest BCUT2D eigenvalue weighted by atomic mass is 16.5. The third kappa shape index (κ3) is 2.33. The Balaban J connectivity index is 2.10. The first-order valence-electron chi connectivity index (χ1n) is 7.53. The van der Waals surface area contributed by atoms with E-state index in [4.69, 9.17) is 4.74 Å². The van der Waals surface area contributed by atoms with Crippen LogP contribution in [0.2, 0.25) is 0 Å². The smallest absolute Gasteiger partial charge is 0.230 e. The summed E-state index contributed by atoms with van der Waals surface area (Å²) in [6, 6.07) is 7.85. The minimum atomic E-state index is -0.369. The van der Waals surface area contributed by atoms with E-state index in [1.54, 1.807) is 7.11 Å². The number of piperidine rings is 1. The zero-order chi connectivity index (χ0) is 15.0. The van der Waals surface area contributed by atoms with Crippen molar-refractivity contribution in [1.82, 2.24) is 5.32 Å². The van der Waals surface area contributed by atoms with Gasteiger partial charge in [0.1, 0.15) is 5.75 Å². The van der Waals surface area contributed by atoms with Crippen LogP contribution in [0.25, 0.3) is 0 Å². The van der Waals surface area contributed by atoms with Crippen molar-refractivity contribution < 1.29 is 14.3 Å². The second-order valence-electron chi connectivity index (χ2n) is 6.42. The summed E-state index contributed by atoms with van der Waals surface area (Å²) in [4.78, 5) is 24.3. The van der Waals surface area contributed by atoms with Gasteiger partial charge in [-0.2, -0.15) is 0 Å². The van der Waals surface area contributed by atoms with E-state index in [0.29, 0.717) is 12.3 Å². The lowest BCUT2D eigenvalue weighted by molar-refractivity contribution is -0.142. The molecule has 1 aromatic rings. The normalized spacial score (nSPS) is 32.3. The molecule has 2 aliphatic rings. The Morgan fingerprint density at radius 1 is 1.29 bits per heavy atom. The number of benzene rings is 1. The van der Waals surface area contributed by atoms with Crippen LogP contribution in [0.4, 0.5) is 0 Å². The first-order chi connectivity index (χ1) is 10.0. The Hall–Kier alpha value is -1.84. The monoisotopic (exact) mass is 287 g/mol. The molecular weight excluding hydrogens is 266 g/mol. The second kappa shape index (κ2) is 5.17. The quantitative estimate of drug-likeness (QED) is 0.850. The SMILES string of the molecule is COc1cccc([C@@]23CC(=O)NC(=O)[C@H]2CC[C@H](C)C3)c1. The average molecular weight is 287 g/mol. The van der Waals surface area contributed by atoms with Crippen LogP contribution in [0.15, 0.2) is 24.3 Å². The molecule has 1 saturated carbocycles. The van der Waals surface area contributed by atoms with Gasteiger partial charge in [-0.05, 0) is 42.9 Å². The van der Waals surface area contributed by atoms with Crippen molar-refractivity contribution in [2.75, 3.05) is 7.11 Å². The molecule has 0 aromatic heterocycles. The molecule has 3 rings (SSSR count). The van der Waals surface area contributed by atoms with Crippen LogP contribution >= 0.6 is 0 Å². The number of hydrogen-bond donors (Lipinski definition) is 1. The van der Waals surface area contributed by atoms with Crippen molar-refractivity contribution in [1.29, 1.82) is 0 Å². The third-order valence-electron chi connectivity index (χ3n) is 5.03. The topological polar surface area (TPSA) is 55.4 Å². The fourth-order valence-corrected chi connectivity index (χ4v) is 4.08. The lowest BCUT2D eigenvalue weighted by Crippen LogP contribution is -2.56. The van der Waals surface area contributed by atoms with Crippen molar-refractivity contribution in [2.45, 2.75) is 38.0 Å². The summed E-state index contributed by atoms with van der Waals surface area (Å²) in [6.07, 6.45) is 3.15. The van der Waals surface area contributed by atoms with Gasteiger partial charge in [-0.15, -0.1) is 0 Å².